The van der Waals surface area contributed by atoms with Crippen LogP contribution in [0.15, 0.2) is 66.9 Å². The molecular formula is C26H33NO5. The second-order valence-electron chi connectivity index (χ2n) is 7.34. The maximum Gasteiger partial charge on any atom is 0.342 e. The van der Waals surface area contributed by atoms with E-state index in [0.29, 0.717) is 23.6 Å². The molecule has 6 heteroatoms. The molecule has 0 saturated carbocycles. The van der Waals surface area contributed by atoms with Gasteiger partial charge in [0.2, 0.25) is 0 Å². The second kappa shape index (κ2) is 13.9. The van der Waals surface area contributed by atoms with Crippen LogP contribution in [0.5, 0.6) is 11.5 Å². The van der Waals surface area contributed by atoms with Gasteiger partial charge in [0.1, 0.15) is 18.1 Å². The van der Waals surface area contributed by atoms with Crippen molar-refractivity contribution in [1.29, 1.82) is 0 Å². The highest BCUT2D eigenvalue weighted by Crippen LogP contribution is 2.21. The van der Waals surface area contributed by atoms with E-state index in [4.69, 9.17) is 19.0 Å². The molecule has 0 heterocycles. The Kier molecular flexibility index (Phi) is 10.9. The Morgan fingerprint density at radius 3 is 2.69 bits per heavy atom. The fourth-order valence-corrected chi connectivity index (χ4v) is 2.88. The number of para-hydroxylation sites is 1. The van der Waals surface area contributed by atoms with Gasteiger partial charge < -0.3 is 14.2 Å². The van der Waals surface area contributed by atoms with Gasteiger partial charge in [0.25, 0.3) is 0 Å². The van der Waals surface area contributed by atoms with Crippen molar-refractivity contribution >= 4 is 11.7 Å². The molecule has 2 rings (SSSR count). The maximum atomic E-state index is 12.1. The third-order valence-electron chi connectivity index (χ3n) is 4.66. The van der Waals surface area contributed by atoms with Crippen LogP contribution in [0.25, 0.3) is 5.70 Å². The van der Waals surface area contributed by atoms with Crippen molar-refractivity contribution in [2.75, 3.05) is 13.7 Å². The number of rotatable bonds is 14. The molecule has 0 aliphatic carbocycles. The van der Waals surface area contributed by atoms with Gasteiger partial charge in [0, 0.05) is 11.1 Å². The Morgan fingerprint density at radius 2 is 1.91 bits per heavy atom. The van der Waals surface area contributed by atoms with Crippen LogP contribution in [-0.2, 0) is 21.0 Å². The number of hydroxylamine groups is 1. The molecule has 0 aliphatic rings. The Bertz CT molecular complexity index is 907. The van der Waals surface area contributed by atoms with E-state index >= 15 is 0 Å². The predicted molar refractivity (Wildman–Crippen MR) is 126 cm³/mol. The van der Waals surface area contributed by atoms with Crippen molar-refractivity contribution in [2.24, 2.45) is 0 Å². The van der Waals surface area contributed by atoms with Gasteiger partial charge in [-0.15, -0.1) is 0 Å². The van der Waals surface area contributed by atoms with E-state index in [-0.39, 0.29) is 6.61 Å². The second-order valence-corrected chi connectivity index (χ2v) is 7.34. The minimum Gasteiger partial charge on any atom is -0.504 e. The summed E-state index contributed by atoms with van der Waals surface area (Å²) in [6, 6.07) is 14.9. The molecule has 0 radical (unpaired) electrons. The quantitative estimate of drug-likeness (QED) is 0.100. The minimum absolute atomic E-state index is 0.184. The summed E-state index contributed by atoms with van der Waals surface area (Å²) in [6.45, 7) is 8.74. The van der Waals surface area contributed by atoms with Gasteiger partial charge in [-0.2, -0.15) is 0 Å². The number of hydrogen-bond donors (Lipinski definition) is 1. The maximum absolute atomic E-state index is 12.1. The monoisotopic (exact) mass is 439 g/mol. The van der Waals surface area contributed by atoms with Crippen LogP contribution in [0.1, 0.15) is 50.7 Å². The first kappa shape index (κ1) is 25.0. The van der Waals surface area contributed by atoms with Crippen molar-refractivity contribution in [3.63, 3.8) is 0 Å². The Hall–Kier alpha value is -3.25. The number of carbonyl (C=O) groups is 1. The normalized spacial score (nSPS) is 11.0. The smallest absolute Gasteiger partial charge is 0.342 e. The summed E-state index contributed by atoms with van der Waals surface area (Å²) in [5.74, 6) is 0.745. The van der Waals surface area contributed by atoms with E-state index < -0.39 is 5.97 Å². The molecule has 0 atom stereocenters. The molecule has 1 N–H and O–H groups in total. The number of unbranched alkanes of at least 4 members (excludes halogenated alkanes) is 3. The highest BCUT2D eigenvalue weighted by Gasteiger charge is 2.12. The third-order valence-corrected chi connectivity index (χ3v) is 4.66. The molecular weight excluding hydrogens is 406 g/mol. The van der Waals surface area contributed by atoms with Crippen LogP contribution >= 0.6 is 0 Å². The third kappa shape index (κ3) is 8.47. The zero-order valence-electron chi connectivity index (χ0n) is 19.2. The van der Waals surface area contributed by atoms with Crippen molar-refractivity contribution in [1.82, 2.24) is 5.48 Å². The first-order valence-corrected chi connectivity index (χ1v) is 10.8. The molecule has 0 spiro atoms. The largest absolute Gasteiger partial charge is 0.504 e. The number of methoxy groups -OCH3 is 1. The molecule has 0 unspecified atom stereocenters. The minimum atomic E-state index is -0.483. The van der Waals surface area contributed by atoms with Gasteiger partial charge in [-0.25, -0.2) is 4.79 Å². The molecule has 0 saturated heterocycles. The highest BCUT2D eigenvalue weighted by atomic mass is 16.6. The van der Waals surface area contributed by atoms with Gasteiger partial charge in [0.15, 0.2) is 0 Å². The molecule has 0 aliphatic heterocycles. The van der Waals surface area contributed by atoms with Gasteiger partial charge in [-0.05, 0) is 31.5 Å². The fraction of sp³-hybridized carbons (Fsp3) is 0.346. The van der Waals surface area contributed by atoms with Crippen LogP contribution in [0.3, 0.4) is 0 Å². The van der Waals surface area contributed by atoms with Crippen molar-refractivity contribution in [3.05, 3.63) is 78.1 Å². The average Bonchev–Trinajstić information content (AvgIpc) is 2.80. The Labute approximate surface area is 190 Å². The standard InChI is InChI=1S/C26H33NO5/c1-5-6-7-10-16-30-24-14-11-13-22(17-24)21(3)27-31-19-23-12-8-9-15-25(23)32-26(28)20(2)18-29-4/h8-9,11-15,17-18,27H,3,5-7,10,16,19H2,1-2,4H3. The molecule has 0 aromatic heterocycles. The summed E-state index contributed by atoms with van der Waals surface area (Å²) >= 11 is 0. The first-order chi connectivity index (χ1) is 15.5. The zero-order valence-corrected chi connectivity index (χ0v) is 19.2. The topological polar surface area (TPSA) is 66.0 Å². The summed E-state index contributed by atoms with van der Waals surface area (Å²) in [4.78, 5) is 17.7. The predicted octanol–water partition coefficient (Wildman–Crippen LogP) is 5.79. The molecule has 0 fully saturated rings. The molecule has 0 bridgehead atoms. The molecule has 2 aromatic carbocycles. The molecule has 32 heavy (non-hydrogen) atoms. The van der Waals surface area contributed by atoms with Crippen LogP contribution in [0.4, 0.5) is 0 Å². The van der Waals surface area contributed by atoms with E-state index in [9.17, 15) is 4.79 Å². The van der Waals surface area contributed by atoms with Crippen LogP contribution in [0, 0.1) is 0 Å². The van der Waals surface area contributed by atoms with E-state index in [0.717, 1.165) is 23.3 Å². The van der Waals surface area contributed by atoms with Crippen molar-refractivity contribution in [3.8, 4) is 11.5 Å². The van der Waals surface area contributed by atoms with E-state index in [1.54, 1.807) is 19.1 Å². The number of carbonyl (C=O) groups excluding carboxylic acids is 1. The summed E-state index contributed by atoms with van der Waals surface area (Å²) in [7, 11) is 1.48. The van der Waals surface area contributed by atoms with Crippen molar-refractivity contribution in [2.45, 2.75) is 46.1 Å². The Morgan fingerprint density at radius 1 is 1.09 bits per heavy atom. The lowest BCUT2D eigenvalue weighted by Gasteiger charge is -2.14. The number of esters is 1. The van der Waals surface area contributed by atoms with Gasteiger partial charge in [0.05, 0.1) is 31.2 Å². The van der Waals surface area contributed by atoms with Crippen LogP contribution < -0.4 is 15.0 Å². The molecule has 2 aromatic rings. The van der Waals surface area contributed by atoms with Gasteiger partial charge in [-0.1, -0.05) is 63.1 Å². The van der Waals surface area contributed by atoms with E-state index in [1.807, 2.05) is 36.4 Å². The highest BCUT2D eigenvalue weighted by molar-refractivity contribution is 5.89. The number of hydrogen-bond acceptors (Lipinski definition) is 6. The molecule has 6 nitrogen and oxygen atoms in total. The van der Waals surface area contributed by atoms with Crippen LogP contribution in [0.2, 0.25) is 0 Å². The van der Waals surface area contributed by atoms with Crippen molar-refractivity contribution < 1.29 is 23.8 Å². The van der Waals surface area contributed by atoms with Crippen LogP contribution in [-0.4, -0.2) is 19.7 Å². The zero-order chi connectivity index (χ0) is 23.2. The van der Waals surface area contributed by atoms with Gasteiger partial charge >= 0.3 is 5.97 Å². The van der Waals surface area contributed by atoms with E-state index in [1.165, 1.54) is 32.6 Å². The summed E-state index contributed by atoms with van der Waals surface area (Å²) in [6.07, 6.45) is 6.00. The number of ether oxygens (including phenoxy) is 3. The summed E-state index contributed by atoms with van der Waals surface area (Å²) in [5, 5.41) is 0. The fourth-order valence-electron chi connectivity index (χ4n) is 2.88. The van der Waals surface area contributed by atoms with E-state index in [2.05, 4.69) is 19.0 Å². The lowest BCUT2D eigenvalue weighted by atomic mass is 10.1. The molecule has 0 amide bonds. The SMILES string of the molecule is C=C(NOCc1ccccc1OC(=O)C(C)=COC)c1cccc(OCCCCCC)c1. The molecule has 172 valence electrons. The van der Waals surface area contributed by atoms with Gasteiger partial charge in [-0.3, -0.25) is 10.3 Å². The number of nitrogens with one attached hydrogen (secondary N) is 1. The summed E-state index contributed by atoms with van der Waals surface area (Å²) < 4.78 is 16.1. The summed E-state index contributed by atoms with van der Waals surface area (Å²) in [5.41, 5.74) is 5.42. The number of benzene rings is 2. The first-order valence-electron chi connectivity index (χ1n) is 10.8. The lowest BCUT2D eigenvalue weighted by molar-refractivity contribution is -0.130. The lowest BCUT2D eigenvalue weighted by Crippen LogP contribution is -2.14. The average molecular weight is 440 g/mol. The Balaban J connectivity index is 1.87.